The minimum absolute atomic E-state index is 0.168. The van der Waals surface area contributed by atoms with E-state index in [0.29, 0.717) is 6.42 Å². The van der Waals surface area contributed by atoms with Gasteiger partial charge < -0.3 is 16.0 Å². The van der Waals surface area contributed by atoms with Crippen molar-refractivity contribution < 1.29 is 4.79 Å². The van der Waals surface area contributed by atoms with E-state index < -0.39 is 9.96 Å². The van der Waals surface area contributed by atoms with E-state index in [1.54, 1.807) is 0 Å². The number of carbonyl (C=O) groups excluding carboxylic acids is 1. The lowest BCUT2D eigenvalue weighted by molar-refractivity contribution is -0.122. The predicted octanol–water partition coefficient (Wildman–Crippen LogP) is 9.03. The van der Waals surface area contributed by atoms with Crippen LogP contribution in [0.5, 0.6) is 0 Å². The first kappa shape index (κ1) is 31.8. The highest BCUT2D eigenvalue weighted by atomic mass is 79.9. The SMILES string of the molecule is CCCCCCCCCCCCCCCC(=O)NC(NC(=S)Nc1ccc(Br)cc1)C(Cl)(Cl)Cl. The molecule has 0 saturated heterocycles. The first-order valence-corrected chi connectivity index (χ1v) is 14.7. The van der Waals surface area contributed by atoms with Gasteiger partial charge in [-0.15, -0.1) is 0 Å². The van der Waals surface area contributed by atoms with Crippen molar-refractivity contribution in [1.29, 1.82) is 0 Å². The highest BCUT2D eigenvalue weighted by molar-refractivity contribution is 9.10. The molecule has 0 aliphatic heterocycles. The summed E-state index contributed by atoms with van der Waals surface area (Å²) in [5.41, 5.74) is 0.780. The van der Waals surface area contributed by atoms with E-state index in [4.69, 9.17) is 47.0 Å². The molecule has 0 aromatic heterocycles. The fraction of sp³-hybridized carbons (Fsp3) is 0.680. The minimum Gasteiger partial charge on any atom is -0.339 e. The number of nitrogens with one attached hydrogen (secondary N) is 3. The first-order valence-electron chi connectivity index (χ1n) is 12.4. The van der Waals surface area contributed by atoms with Crippen LogP contribution in [0, 0.1) is 0 Å². The number of hydrogen-bond acceptors (Lipinski definition) is 2. The van der Waals surface area contributed by atoms with Gasteiger partial charge in [0.25, 0.3) is 0 Å². The smallest absolute Gasteiger partial charge is 0.228 e. The molecule has 0 spiro atoms. The molecule has 1 amide bonds. The van der Waals surface area contributed by atoms with E-state index in [1.165, 1.54) is 64.2 Å². The summed E-state index contributed by atoms with van der Waals surface area (Å²) in [5.74, 6) is -0.168. The maximum absolute atomic E-state index is 12.4. The Hall–Kier alpha value is -0.270. The molecular weight excluding hydrogens is 577 g/mol. The Morgan fingerprint density at radius 3 is 1.79 bits per heavy atom. The average molecular weight is 616 g/mol. The summed E-state index contributed by atoms with van der Waals surface area (Å²) < 4.78 is -0.798. The summed E-state index contributed by atoms with van der Waals surface area (Å²) in [7, 11) is 0. The Balaban J connectivity index is 2.17. The molecular formula is C25H39BrCl3N3OS. The van der Waals surface area contributed by atoms with Crippen molar-refractivity contribution in [3.8, 4) is 0 Å². The van der Waals surface area contributed by atoms with Crippen LogP contribution in [0.3, 0.4) is 0 Å². The van der Waals surface area contributed by atoms with Crippen molar-refractivity contribution >= 4 is 79.7 Å². The van der Waals surface area contributed by atoms with Crippen LogP contribution in [0.4, 0.5) is 5.69 Å². The average Bonchev–Trinajstić information content (AvgIpc) is 2.77. The lowest BCUT2D eigenvalue weighted by Crippen LogP contribution is -2.56. The van der Waals surface area contributed by atoms with Gasteiger partial charge in [0.05, 0.1) is 0 Å². The number of unbranched alkanes of at least 4 members (excludes halogenated alkanes) is 12. The van der Waals surface area contributed by atoms with Crippen molar-refractivity contribution in [2.45, 2.75) is 107 Å². The Bertz CT molecular complexity index is 702. The van der Waals surface area contributed by atoms with Gasteiger partial charge in [0.15, 0.2) is 5.11 Å². The number of amides is 1. The molecule has 1 unspecified atom stereocenters. The van der Waals surface area contributed by atoms with Gasteiger partial charge in [0.1, 0.15) is 6.17 Å². The van der Waals surface area contributed by atoms with E-state index in [-0.39, 0.29) is 11.0 Å². The zero-order valence-electron chi connectivity index (χ0n) is 20.1. The van der Waals surface area contributed by atoms with Crippen molar-refractivity contribution in [3.63, 3.8) is 0 Å². The van der Waals surface area contributed by atoms with E-state index in [0.717, 1.165) is 29.4 Å². The Labute approximate surface area is 234 Å². The summed E-state index contributed by atoms with van der Waals surface area (Å²) in [6.07, 6.45) is 15.8. The fourth-order valence-electron chi connectivity index (χ4n) is 3.57. The molecule has 1 atom stereocenters. The second kappa shape index (κ2) is 18.9. The first-order chi connectivity index (χ1) is 16.2. The molecule has 9 heteroatoms. The van der Waals surface area contributed by atoms with E-state index in [2.05, 4.69) is 38.8 Å². The summed E-state index contributed by atoms with van der Waals surface area (Å²) in [5, 5.41) is 8.89. The summed E-state index contributed by atoms with van der Waals surface area (Å²) >= 11 is 26.9. The zero-order chi connectivity index (χ0) is 25.2. The number of rotatable bonds is 17. The van der Waals surface area contributed by atoms with Crippen LogP contribution in [0.2, 0.25) is 0 Å². The number of halogens is 4. The Morgan fingerprint density at radius 1 is 0.853 bits per heavy atom. The van der Waals surface area contributed by atoms with E-state index in [1.807, 2.05) is 24.3 Å². The van der Waals surface area contributed by atoms with Crippen molar-refractivity contribution in [3.05, 3.63) is 28.7 Å². The molecule has 0 aliphatic rings. The molecule has 1 aromatic rings. The highest BCUT2D eigenvalue weighted by Crippen LogP contribution is 2.29. The number of hydrogen-bond donors (Lipinski definition) is 3. The number of benzene rings is 1. The molecule has 0 bridgehead atoms. The van der Waals surface area contributed by atoms with Crippen LogP contribution < -0.4 is 16.0 Å². The van der Waals surface area contributed by atoms with Crippen molar-refractivity contribution in [2.75, 3.05) is 5.32 Å². The van der Waals surface area contributed by atoms with Gasteiger partial charge in [0, 0.05) is 16.6 Å². The van der Waals surface area contributed by atoms with Crippen LogP contribution in [0.1, 0.15) is 96.8 Å². The lowest BCUT2D eigenvalue weighted by Gasteiger charge is -2.27. The number of anilines is 1. The molecule has 0 aliphatic carbocycles. The van der Waals surface area contributed by atoms with Crippen LogP contribution in [-0.2, 0) is 4.79 Å². The largest absolute Gasteiger partial charge is 0.339 e. The van der Waals surface area contributed by atoms with Gasteiger partial charge in [-0.05, 0) is 42.9 Å². The van der Waals surface area contributed by atoms with Crippen LogP contribution in [0.15, 0.2) is 28.7 Å². The second-order valence-corrected chi connectivity index (χ2v) is 12.3. The number of thiocarbonyl (C=S) groups is 1. The Kier molecular flexibility index (Phi) is 17.7. The molecule has 0 saturated carbocycles. The van der Waals surface area contributed by atoms with Gasteiger partial charge in [0.2, 0.25) is 9.70 Å². The Morgan fingerprint density at radius 2 is 1.32 bits per heavy atom. The van der Waals surface area contributed by atoms with Crippen molar-refractivity contribution in [1.82, 2.24) is 10.6 Å². The zero-order valence-corrected chi connectivity index (χ0v) is 24.8. The molecule has 0 fully saturated rings. The lowest BCUT2D eigenvalue weighted by atomic mass is 10.0. The topological polar surface area (TPSA) is 53.2 Å². The molecule has 34 heavy (non-hydrogen) atoms. The maximum Gasteiger partial charge on any atom is 0.228 e. The third-order valence-electron chi connectivity index (χ3n) is 5.52. The van der Waals surface area contributed by atoms with E-state index >= 15 is 0 Å². The summed E-state index contributed by atoms with van der Waals surface area (Å²) in [4.78, 5) is 12.4. The quantitative estimate of drug-likeness (QED) is 0.0708. The number of carbonyl (C=O) groups is 1. The van der Waals surface area contributed by atoms with Crippen molar-refractivity contribution in [2.24, 2.45) is 0 Å². The highest BCUT2D eigenvalue weighted by Gasteiger charge is 2.34. The van der Waals surface area contributed by atoms with Gasteiger partial charge in [-0.1, -0.05) is 135 Å². The van der Waals surface area contributed by atoms with Gasteiger partial charge in [-0.2, -0.15) is 0 Å². The van der Waals surface area contributed by atoms with Crippen LogP contribution in [-0.4, -0.2) is 21.0 Å². The molecule has 194 valence electrons. The van der Waals surface area contributed by atoms with Gasteiger partial charge in [-0.25, -0.2) is 0 Å². The molecule has 4 nitrogen and oxygen atoms in total. The molecule has 1 rings (SSSR count). The third kappa shape index (κ3) is 16.4. The molecule has 1 aromatic carbocycles. The predicted molar refractivity (Wildman–Crippen MR) is 156 cm³/mol. The van der Waals surface area contributed by atoms with Crippen LogP contribution in [0.25, 0.3) is 0 Å². The third-order valence-corrected chi connectivity index (χ3v) is 6.92. The van der Waals surface area contributed by atoms with Gasteiger partial charge >= 0.3 is 0 Å². The fourth-order valence-corrected chi connectivity index (χ4v) is 4.40. The maximum atomic E-state index is 12.4. The second-order valence-electron chi connectivity index (χ2n) is 8.64. The number of alkyl halides is 3. The van der Waals surface area contributed by atoms with Crippen LogP contribution >= 0.6 is 63.0 Å². The van der Waals surface area contributed by atoms with Gasteiger partial charge in [-0.3, -0.25) is 4.79 Å². The summed E-state index contributed by atoms with van der Waals surface area (Å²) in [6.45, 7) is 2.26. The summed E-state index contributed by atoms with van der Waals surface area (Å²) in [6, 6.07) is 7.48. The van der Waals surface area contributed by atoms with E-state index in [9.17, 15) is 4.79 Å². The monoisotopic (exact) mass is 613 g/mol. The molecule has 3 N–H and O–H groups in total. The molecule has 0 heterocycles. The minimum atomic E-state index is -1.75. The normalized spacial score (nSPS) is 12.3. The molecule has 0 radical (unpaired) electrons. The standard InChI is InChI=1S/C25H39BrCl3N3OS/c1-2-3-4-5-6-7-8-9-10-11-12-13-14-15-22(33)31-23(25(27,28)29)32-24(34)30-21-18-16-20(26)17-19-21/h16-19,23H,2-15H2,1H3,(H,31,33)(H2,30,32,34).